The molecule has 0 N–H and O–H groups in total. The fraction of sp³-hybridized carbons (Fsp3) is 0. The molecule has 82 valence electrons. The minimum absolute atomic E-state index is 0.128. The Balaban J connectivity index is 2.30. The van der Waals surface area contributed by atoms with Gasteiger partial charge in [0, 0.05) is 16.7 Å². The second kappa shape index (κ2) is 4.99. The lowest BCUT2D eigenvalue weighted by Crippen LogP contribution is -1.90. The van der Waals surface area contributed by atoms with Crippen LogP contribution in [0.3, 0.4) is 0 Å². The zero-order chi connectivity index (χ0) is 11.5. The molecule has 0 atom stereocenters. The van der Waals surface area contributed by atoms with Crippen molar-refractivity contribution >= 4 is 39.1 Å². The van der Waals surface area contributed by atoms with Gasteiger partial charge in [-0.3, -0.25) is 0 Å². The van der Waals surface area contributed by atoms with E-state index in [2.05, 4.69) is 25.9 Å². The first-order valence-electron chi connectivity index (χ1n) is 4.26. The Morgan fingerprint density at radius 2 is 2.00 bits per heavy atom. The number of hydrogen-bond donors (Lipinski definition) is 0. The maximum atomic E-state index is 5.96. The SMILES string of the molecule is Clc1nccc(Oc2cc(Br)ccc2Cl)n1. The van der Waals surface area contributed by atoms with Crippen molar-refractivity contribution in [2.45, 2.75) is 0 Å². The quantitative estimate of drug-likeness (QED) is 0.772. The summed E-state index contributed by atoms with van der Waals surface area (Å²) in [5, 5.41) is 0.626. The highest BCUT2D eigenvalue weighted by Crippen LogP contribution is 2.31. The second-order valence-electron chi connectivity index (χ2n) is 2.84. The third-order valence-corrected chi connectivity index (χ3v) is 2.70. The fourth-order valence-corrected chi connectivity index (χ4v) is 1.68. The number of ether oxygens (including phenoxy) is 1. The molecule has 3 nitrogen and oxygen atoms in total. The summed E-state index contributed by atoms with van der Waals surface area (Å²) in [6.45, 7) is 0. The molecule has 0 fully saturated rings. The minimum Gasteiger partial charge on any atom is -0.437 e. The van der Waals surface area contributed by atoms with Gasteiger partial charge in [-0.15, -0.1) is 0 Å². The van der Waals surface area contributed by atoms with Crippen LogP contribution in [-0.2, 0) is 0 Å². The van der Waals surface area contributed by atoms with Crippen LogP contribution in [0.15, 0.2) is 34.9 Å². The van der Waals surface area contributed by atoms with Crippen molar-refractivity contribution in [3.63, 3.8) is 0 Å². The Labute approximate surface area is 111 Å². The summed E-state index contributed by atoms with van der Waals surface area (Å²) in [4.78, 5) is 7.65. The molecule has 0 bridgehead atoms. The average Bonchev–Trinajstić information content (AvgIpc) is 2.24. The Kier molecular flexibility index (Phi) is 3.63. The fourth-order valence-electron chi connectivity index (χ4n) is 1.04. The van der Waals surface area contributed by atoms with Gasteiger partial charge in [0.2, 0.25) is 11.2 Å². The van der Waals surface area contributed by atoms with Gasteiger partial charge in [-0.2, -0.15) is 4.98 Å². The number of benzene rings is 1. The van der Waals surface area contributed by atoms with Gasteiger partial charge in [0.1, 0.15) is 5.75 Å². The molecular formula is C10H5BrCl2N2O. The molecule has 0 saturated carbocycles. The van der Waals surface area contributed by atoms with Crippen LogP contribution in [0.5, 0.6) is 11.6 Å². The van der Waals surface area contributed by atoms with Crippen LogP contribution in [0.4, 0.5) is 0 Å². The van der Waals surface area contributed by atoms with Gasteiger partial charge in [-0.05, 0) is 29.8 Å². The summed E-state index contributed by atoms with van der Waals surface area (Å²) in [6, 6.07) is 6.90. The highest BCUT2D eigenvalue weighted by molar-refractivity contribution is 9.10. The monoisotopic (exact) mass is 318 g/mol. The largest absolute Gasteiger partial charge is 0.437 e. The van der Waals surface area contributed by atoms with Gasteiger partial charge in [0.05, 0.1) is 5.02 Å². The maximum absolute atomic E-state index is 5.96. The van der Waals surface area contributed by atoms with Crippen LogP contribution in [0, 0.1) is 0 Å². The third kappa shape index (κ3) is 2.84. The second-order valence-corrected chi connectivity index (χ2v) is 4.50. The summed E-state index contributed by atoms with van der Waals surface area (Å²) in [5.41, 5.74) is 0. The van der Waals surface area contributed by atoms with E-state index in [4.69, 9.17) is 27.9 Å². The van der Waals surface area contributed by atoms with Crippen LogP contribution >= 0.6 is 39.1 Å². The first-order chi connectivity index (χ1) is 7.65. The molecule has 0 radical (unpaired) electrons. The zero-order valence-corrected chi connectivity index (χ0v) is 10.9. The van der Waals surface area contributed by atoms with Gasteiger partial charge in [-0.1, -0.05) is 27.5 Å². The molecule has 0 aliphatic rings. The van der Waals surface area contributed by atoms with Crippen molar-refractivity contribution in [3.8, 4) is 11.6 Å². The van der Waals surface area contributed by atoms with Crippen molar-refractivity contribution in [2.75, 3.05) is 0 Å². The third-order valence-electron chi connectivity index (χ3n) is 1.71. The Morgan fingerprint density at radius 1 is 1.19 bits per heavy atom. The zero-order valence-electron chi connectivity index (χ0n) is 7.82. The van der Waals surface area contributed by atoms with E-state index in [1.807, 2.05) is 6.07 Å². The molecular weight excluding hydrogens is 315 g/mol. The number of halogens is 3. The van der Waals surface area contributed by atoms with Gasteiger partial charge in [0.15, 0.2) is 0 Å². The molecule has 1 aromatic carbocycles. The number of hydrogen-bond acceptors (Lipinski definition) is 3. The number of rotatable bonds is 2. The molecule has 1 aromatic heterocycles. The Bertz CT molecular complexity index is 522. The maximum Gasteiger partial charge on any atom is 0.225 e. The van der Waals surface area contributed by atoms with E-state index in [9.17, 15) is 0 Å². The molecule has 2 aromatic rings. The molecule has 0 unspecified atom stereocenters. The molecule has 0 spiro atoms. The van der Waals surface area contributed by atoms with E-state index in [-0.39, 0.29) is 5.28 Å². The summed E-state index contributed by atoms with van der Waals surface area (Å²) in [7, 11) is 0. The molecule has 0 aliphatic heterocycles. The number of nitrogens with zero attached hydrogens (tertiary/aromatic N) is 2. The van der Waals surface area contributed by atoms with Crippen LogP contribution in [-0.4, -0.2) is 9.97 Å². The van der Waals surface area contributed by atoms with Crippen molar-refractivity contribution in [2.24, 2.45) is 0 Å². The molecule has 6 heteroatoms. The predicted molar refractivity (Wildman–Crippen MR) is 66.3 cm³/mol. The van der Waals surface area contributed by atoms with Crippen molar-refractivity contribution in [1.29, 1.82) is 0 Å². The van der Waals surface area contributed by atoms with Gasteiger partial charge >= 0.3 is 0 Å². The Morgan fingerprint density at radius 3 is 2.75 bits per heavy atom. The van der Waals surface area contributed by atoms with Gasteiger partial charge in [0.25, 0.3) is 0 Å². The van der Waals surface area contributed by atoms with E-state index in [0.717, 1.165) is 4.47 Å². The van der Waals surface area contributed by atoms with E-state index in [0.29, 0.717) is 16.7 Å². The topological polar surface area (TPSA) is 35.0 Å². The van der Waals surface area contributed by atoms with Crippen molar-refractivity contribution in [1.82, 2.24) is 9.97 Å². The summed E-state index contributed by atoms with van der Waals surface area (Å²) in [6.07, 6.45) is 1.51. The predicted octanol–water partition coefficient (Wildman–Crippen LogP) is 4.34. The first kappa shape index (κ1) is 11.6. The van der Waals surface area contributed by atoms with Crippen LogP contribution in [0.1, 0.15) is 0 Å². The molecule has 2 rings (SSSR count). The highest BCUT2D eigenvalue weighted by atomic mass is 79.9. The number of aromatic nitrogens is 2. The summed E-state index contributed by atoms with van der Waals surface area (Å²) < 4.78 is 6.34. The van der Waals surface area contributed by atoms with Gasteiger partial charge < -0.3 is 4.74 Å². The standard InChI is InChI=1S/C10H5BrCl2N2O/c11-6-1-2-7(12)8(5-6)16-9-3-4-14-10(13)15-9/h1-5H. The average molecular weight is 320 g/mol. The summed E-state index contributed by atoms with van der Waals surface area (Å²) in [5.74, 6) is 0.853. The first-order valence-corrected chi connectivity index (χ1v) is 5.81. The lowest BCUT2D eigenvalue weighted by atomic mass is 10.3. The van der Waals surface area contributed by atoms with Crippen LogP contribution in [0.2, 0.25) is 10.3 Å². The van der Waals surface area contributed by atoms with E-state index in [1.165, 1.54) is 6.20 Å². The lowest BCUT2D eigenvalue weighted by molar-refractivity contribution is 0.461. The minimum atomic E-state index is 0.128. The molecule has 1 heterocycles. The molecule has 0 saturated heterocycles. The normalized spacial score (nSPS) is 10.2. The van der Waals surface area contributed by atoms with Crippen LogP contribution < -0.4 is 4.74 Å². The molecule has 0 amide bonds. The molecule has 16 heavy (non-hydrogen) atoms. The van der Waals surface area contributed by atoms with Gasteiger partial charge in [-0.25, -0.2) is 4.98 Å². The van der Waals surface area contributed by atoms with Crippen molar-refractivity contribution < 1.29 is 4.74 Å². The highest BCUT2D eigenvalue weighted by Gasteiger charge is 2.05. The Hall–Kier alpha value is -0.840. The molecule has 0 aliphatic carbocycles. The lowest BCUT2D eigenvalue weighted by Gasteiger charge is -2.06. The summed E-state index contributed by atoms with van der Waals surface area (Å²) >= 11 is 14.9. The smallest absolute Gasteiger partial charge is 0.225 e. The van der Waals surface area contributed by atoms with E-state index in [1.54, 1.807) is 18.2 Å². The van der Waals surface area contributed by atoms with Crippen molar-refractivity contribution in [3.05, 3.63) is 45.2 Å². The van der Waals surface area contributed by atoms with E-state index >= 15 is 0 Å². The van der Waals surface area contributed by atoms with Crippen LogP contribution in [0.25, 0.3) is 0 Å². The van der Waals surface area contributed by atoms with E-state index < -0.39 is 0 Å².